The van der Waals surface area contributed by atoms with Gasteiger partial charge in [-0.15, -0.1) is 0 Å². The van der Waals surface area contributed by atoms with Crippen LogP contribution in [0.4, 0.5) is 5.69 Å². The van der Waals surface area contributed by atoms with E-state index in [1.807, 2.05) is 36.4 Å². The molecule has 8 nitrogen and oxygen atoms in total. The Hall–Kier alpha value is -4.07. The van der Waals surface area contributed by atoms with Crippen LogP contribution in [0.5, 0.6) is 0 Å². The van der Waals surface area contributed by atoms with Crippen molar-refractivity contribution in [2.45, 2.75) is 25.3 Å². The molecular weight excluding hydrogens is 394 g/mol. The fourth-order valence-corrected chi connectivity index (χ4v) is 3.58. The topological polar surface area (TPSA) is 110 Å². The molecule has 8 heteroatoms. The minimum absolute atomic E-state index is 0.0599. The number of fused-ring (bicyclic) bond motifs is 1. The molecule has 0 saturated heterocycles. The van der Waals surface area contributed by atoms with E-state index < -0.39 is 11.2 Å². The third-order valence-corrected chi connectivity index (χ3v) is 5.32. The molecule has 3 heterocycles. The SMILES string of the molecule is O=C(Nc1ccc(Cc2ccncc2)cc1)c1cnc2c(c1)c(=O)[nH]c(=O)n2C1CC1. The zero-order chi connectivity index (χ0) is 21.4. The molecule has 0 atom stereocenters. The highest BCUT2D eigenvalue weighted by molar-refractivity contribution is 6.05. The van der Waals surface area contributed by atoms with Gasteiger partial charge in [-0.05, 0) is 60.7 Å². The van der Waals surface area contributed by atoms with Gasteiger partial charge in [-0.2, -0.15) is 0 Å². The normalized spacial score (nSPS) is 13.3. The molecule has 1 amide bonds. The summed E-state index contributed by atoms with van der Waals surface area (Å²) < 4.78 is 1.50. The van der Waals surface area contributed by atoms with E-state index in [4.69, 9.17) is 0 Å². The minimum Gasteiger partial charge on any atom is -0.322 e. The molecule has 1 fully saturated rings. The van der Waals surface area contributed by atoms with Crippen LogP contribution >= 0.6 is 0 Å². The maximum atomic E-state index is 12.7. The summed E-state index contributed by atoms with van der Waals surface area (Å²) in [6.45, 7) is 0. The van der Waals surface area contributed by atoms with Crippen molar-refractivity contribution in [2.75, 3.05) is 5.32 Å². The highest BCUT2D eigenvalue weighted by Gasteiger charge is 2.27. The van der Waals surface area contributed by atoms with Gasteiger partial charge in [0, 0.05) is 30.3 Å². The lowest BCUT2D eigenvalue weighted by atomic mass is 10.1. The van der Waals surface area contributed by atoms with Gasteiger partial charge in [0.25, 0.3) is 11.5 Å². The van der Waals surface area contributed by atoms with E-state index in [1.165, 1.54) is 16.8 Å². The highest BCUT2D eigenvalue weighted by Crippen LogP contribution is 2.34. The van der Waals surface area contributed by atoms with Crippen LogP contribution in [0.2, 0.25) is 0 Å². The van der Waals surface area contributed by atoms with Crippen molar-refractivity contribution in [2.24, 2.45) is 0 Å². The number of nitrogens with one attached hydrogen (secondary N) is 2. The Bertz CT molecular complexity index is 1390. The summed E-state index contributed by atoms with van der Waals surface area (Å²) in [5.74, 6) is -0.375. The van der Waals surface area contributed by atoms with E-state index in [0.717, 1.165) is 30.4 Å². The first-order valence-corrected chi connectivity index (χ1v) is 10.0. The maximum absolute atomic E-state index is 12.7. The minimum atomic E-state index is -0.542. The Morgan fingerprint density at radius 1 is 1.06 bits per heavy atom. The van der Waals surface area contributed by atoms with Gasteiger partial charge >= 0.3 is 5.69 Å². The third-order valence-electron chi connectivity index (χ3n) is 5.32. The van der Waals surface area contributed by atoms with Gasteiger partial charge in [-0.25, -0.2) is 9.78 Å². The number of H-pyrrole nitrogens is 1. The van der Waals surface area contributed by atoms with Gasteiger partial charge in [0.05, 0.1) is 10.9 Å². The van der Waals surface area contributed by atoms with E-state index in [0.29, 0.717) is 11.3 Å². The molecule has 1 saturated carbocycles. The van der Waals surface area contributed by atoms with Crippen molar-refractivity contribution in [3.8, 4) is 0 Å². The van der Waals surface area contributed by atoms with Crippen molar-refractivity contribution in [1.29, 1.82) is 0 Å². The molecular formula is C23H19N5O3. The van der Waals surface area contributed by atoms with Crippen LogP contribution in [0.15, 0.2) is 70.6 Å². The molecule has 3 aromatic heterocycles. The summed E-state index contributed by atoms with van der Waals surface area (Å²) in [4.78, 5) is 47.7. The number of hydrogen-bond donors (Lipinski definition) is 2. The lowest BCUT2D eigenvalue weighted by Crippen LogP contribution is -2.30. The molecule has 4 aromatic rings. The average Bonchev–Trinajstić information content (AvgIpc) is 3.61. The number of carbonyl (C=O) groups is 1. The number of nitrogens with zero attached hydrogens (tertiary/aromatic N) is 3. The molecule has 1 aliphatic rings. The Balaban J connectivity index is 1.37. The van der Waals surface area contributed by atoms with Crippen molar-refractivity contribution in [1.82, 2.24) is 19.5 Å². The van der Waals surface area contributed by atoms with E-state index in [1.54, 1.807) is 12.4 Å². The number of anilines is 1. The molecule has 5 rings (SSSR count). The molecule has 1 aromatic carbocycles. The van der Waals surface area contributed by atoms with E-state index >= 15 is 0 Å². The van der Waals surface area contributed by atoms with Gasteiger partial charge in [0.1, 0.15) is 5.65 Å². The number of carbonyl (C=O) groups excluding carboxylic acids is 1. The second-order valence-electron chi connectivity index (χ2n) is 7.64. The highest BCUT2D eigenvalue weighted by atomic mass is 16.2. The van der Waals surface area contributed by atoms with Crippen LogP contribution in [-0.4, -0.2) is 25.4 Å². The third kappa shape index (κ3) is 3.87. The molecule has 31 heavy (non-hydrogen) atoms. The van der Waals surface area contributed by atoms with E-state index in [9.17, 15) is 14.4 Å². The zero-order valence-corrected chi connectivity index (χ0v) is 16.5. The molecule has 0 unspecified atom stereocenters. The number of benzene rings is 1. The quantitative estimate of drug-likeness (QED) is 0.523. The number of pyridine rings is 2. The monoisotopic (exact) mass is 413 g/mol. The van der Waals surface area contributed by atoms with Crippen LogP contribution in [0, 0.1) is 0 Å². The summed E-state index contributed by atoms with van der Waals surface area (Å²) in [5, 5.41) is 3.05. The van der Waals surface area contributed by atoms with Crippen LogP contribution in [0.25, 0.3) is 11.0 Å². The Kier molecular flexibility index (Phi) is 4.66. The molecule has 0 radical (unpaired) electrons. The predicted octanol–water partition coefficient (Wildman–Crippen LogP) is 2.66. The summed E-state index contributed by atoms with van der Waals surface area (Å²) in [6, 6.07) is 13.0. The van der Waals surface area contributed by atoms with E-state index in [2.05, 4.69) is 20.3 Å². The molecule has 0 aliphatic heterocycles. The van der Waals surface area contributed by atoms with Crippen molar-refractivity contribution in [3.05, 3.63) is 98.6 Å². The largest absolute Gasteiger partial charge is 0.330 e. The summed E-state index contributed by atoms with van der Waals surface area (Å²) in [5.41, 5.74) is 2.47. The van der Waals surface area contributed by atoms with Gasteiger partial charge in [-0.3, -0.25) is 24.1 Å². The number of hydrogen-bond acceptors (Lipinski definition) is 5. The van der Waals surface area contributed by atoms with E-state index in [-0.39, 0.29) is 22.9 Å². The number of amides is 1. The van der Waals surface area contributed by atoms with Crippen molar-refractivity contribution in [3.63, 3.8) is 0 Å². The zero-order valence-electron chi connectivity index (χ0n) is 16.5. The summed E-state index contributed by atoms with van der Waals surface area (Å²) >= 11 is 0. The second-order valence-corrected chi connectivity index (χ2v) is 7.64. The predicted molar refractivity (Wildman–Crippen MR) is 116 cm³/mol. The fourth-order valence-electron chi connectivity index (χ4n) is 3.58. The number of rotatable bonds is 5. The second kappa shape index (κ2) is 7.64. The first-order chi connectivity index (χ1) is 15.1. The van der Waals surface area contributed by atoms with Crippen LogP contribution in [0.1, 0.15) is 40.4 Å². The summed E-state index contributed by atoms with van der Waals surface area (Å²) in [6.07, 6.45) is 7.45. The molecule has 0 spiro atoms. The van der Waals surface area contributed by atoms with Crippen molar-refractivity contribution < 1.29 is 4.79 Å². The number of aromatic nitrogens is 4. The lowest BCUT2D eigenvalue weighted by molar-refractivity contribution is 0.102. The average molecular weight is 413 g/mol. The summed E-state index contributed by atoms with van der Waals surface area (Å²) in [7, 11) is 0. The standard InChI is InChI=1S/C23H19N5O3/c29-21(26-17-3-1-14(2-4-17)11-15-7-9-24-10-8-15)16-12-19-20(25-13-16)28(18-5-6-18)23(31)27-22(19)30/h1-4,7-10,12-13,18H,5-6,11H2,(H,26,29)(H,27,30,31). The van der Waals surface area contributed by atoms with Gasteiger partial charge in [0.2, 0.25) is 0 Å². The van der Waals surface area contributed by atoms with Crippen LogP contribution in [0.3, 0.4) is 0 Å². The van der Waals surface area contributed by atoms with Gasteiger partial charge in [0.15, 0.2) is 0 Å². The first-order valence-electron chi connectivity index (χ1n) is 10.0. The first kappa shape index (κ1) is 18.9. The molecule has 1 aliphatic carbocycles. The molecule has 0 bridgehead atoms. The lowest BCUT2D eigenvalue weighted by Gasteiger charge is -2.09. The Labute approximate surface area is 176 Å². The Morgan fingerprint density at radius 3 is 2.48 bits per heavy atom. The van der Waals surface area contributed by atoms with Crippen LogP contribution in [-0.2, 0) is 6.42 Å². The smallest absolute Gasteiger partial charge is 0.322 e. The van der Waals surface area contributed by atoms with Crippen molar-refractivity contribution >= 4 is 22.6 Å². The fraction of sp³-hybridized carbons (Fsp3) is 0.174. The van der Waals surface area contributed by atoms with Crippen LogP contribution < -0.4 is 16.6 Å². The van der Waals surface area contributed by atoms with Gasteiger partial charge in [-0.1, -0.05) is 12.1 Å². The molecule has 154 valence electrons. The van der Waals surface area contributed by atoms with Gasteiger partial charge < -0.3 is 5.32 Å². The Morgan fingerprint density at radius 2 is 1.77 bits per heavy atom. The molecule has 2 N–H and O–H groups in total. The maximum Gasteiger partial charge on any atom is 0.330 e. The number of aromatic amines is 1.